The minimum atomic E-state index is -0.0824. The highest BCUT2D eigenvalue weighted by Gasteiger charge is 2.22. The van der Waals surface area contributed by atoms with Gasteiger partial charge in [0.15, 0.2) is 0 Å². The van der Waals surface area contributed by atoms with E-state index in [1.54, 1.807) is 19.2 Å². The molecule has 5 heteroatoms. The molecule has 1 fully saturated rings. The first kappa shape index (κ1) is 14.5. The van der Waals surface area contributed by atoms with Gasteiger partial charge in [0.2, 0.25) is 5.91 Å². The van der Waals surface area contributed by atoms with Crippen molar-refractivity contribution in [2.24, 2.45) is 0 Å². The number of rotatable bonds is 5. The number of nitrogens with zero attached hydrogens (tertiary/aromatic N) is 1. The van der Waals surface area contributed by atoms with E-state index in [0.717, 1.165) is 25.9 Å². The van der Waals surface area contributed by atoms with Gasteiger partial charge < -0.3 is 15.5 Å². The average Bonchev–Trinajstić information content (AvgIpc) is 2.99. The third-order valence-electron chi connectivity index (χ3n) is 3.43. The summed E-state index contributed by atoms with van der Waals surface area (Å²) in [5.74, 6) is -0.0759. The zero-order valence-electron chi connectivity index (χ0n) is 11.8. The van der Waals surface area contributed by atoms with E-state index in [-0.39, 0.29) is 11.8 Å². The quantitative estimate of drug-likeness (QED) is 0.855. The van der Waals surface area contributed by atoms with Gasteiger partial charge in [-0.1, -0.05) is 12.1 Å². The number of amides is 2. The molecule has 2 amide bonds. The van der Waals surface area contributed by atoms with Crippen LogP contribution in [0.2, 0.25) is 0 Å². The number of hydrogen-bond acceptors (Lipinski definition) is 3. The Morgan fingerprint density at radius 2 is 1.90 bits per heavy atom. The summed E-state index contributed by atoms with van der Waals surface area (Å²) >= 11 is 0. The van der Waals surface area contributed by atoms with Crippen molar-refractivity contribution in [1.29, 1.82) is 0 Å². The third-order valence-corrected chi connectivity index (χ3v) is 3.43. The van der Waals surface area contributed by atoms with Crippen LogP contribution in [0.15, 0.2) is 24.3 Å². The van der Waals surface area contributed by atoms with Gasteiger partial charge in [-0.05, 0) is 32.0 Å². The first-order valence-corrected chi connectivity index (χ1v) is 7.05. The van der Waals surface area contributed by atoms with Crippen molar-refractivity contribution in [1.82, 2.24) is 10.2 Å². The topological polar surface area (TPSA) is 61.4 Å². The molecule has 2 rings (SSSR count). The monoisotopic (exact) mass is 275 g/mol. The van der Waals surface area contributed by atoms with Gasteiger partial charge in [0.05, 0.1) is 11.3 Å². The molecule has 1 heterocycles. The van der Waals surface area contributed by atoms with E-state index in [1.807, 2.05) is 17.0 Å². The van der Waals surface area contributed by atoms with Crippen LogP contribution in [-0.4, -0.2) is 43.4 Å². The Labute approximate surface area is 119 Å². The first-order chi connectivity index (χ1) is 9.72. The van der Waals surface area contributed by atoms with Crippen molar-refractivity contribution < 1.29 is 9.59 Å². The molecule has 1 aromatic rings. The molecule has 0 radical (unpaired) electrons. The fourth-order valence-corrected chi connectivity index (χ4v) is 2.32. The van der Waals surface area contributed by atoms with Crippen molar-refractivity contribution in [2.75, 3.05) is 32.0 Å². The second kappa shape index (κ2) is 7.05. The zero-order valence-corrected chi connectivity index (χ0v) is 11.8. The number of benzene rings is 1. The summed E-state index contributed by atoms with van der Waals surface area (Å²) in [7, 11) is 1.80. The van der Waals surface area contributed by atoms with Gasteiger partial charge >= 0.3 is 0 Å². The van der Waals surface area contributed by atoms with Crippen LogP contribution in [0.4, 0.5) is 5.69 Å². The average molecular weight is 275 g/mol. The first-order valence-electron chi connectivity index (χ1n) is 7.05. The van der Waals surface area contributed by atoms with Crippen LogP contribution in [0.25, 0.3) is 0 Å². The third kappa shape index (κ3) is 3.57. The van der Waals surface area contributed by atoms with E-state index in [9.17, 15) is 9.59 Å². The van der Waals surface area contributed by atoms with E-state index in [4.69, 9.17) is 0 Å². The van der Waals surface area contributed by atoms with E-state index >= 15 is 0 Å². The summed E-state index contributed by atoms with van der Waals surface area (Å²) in [6, 6.07) is 7.20. The number of carbonyl (C=O) groups excluding carboxylic acids is 2. The van der Waals surface area contributed by atoms with Gasteiger partial charge in [0.1, 0.15) is 0 Å². The van der Waals surface area contributed by atoms with Crippen molar-refractivity contribution in [3.63, 3.8) is 0 Å². The molecule has 5 nitrogen and oxygen atoms in total. The number of nitrogens with one attached hydrogen (secondary N) is 2. The lowest BCUT2D eigenvalue weighted by atomic mass is 10.1. The molecular formula is C15H21N3O2. The van der Waals surface area contributed by atoms with Crippen molar-refractivity contribution in [2.45, 2.75) is 19.3 Å². The maximum atomic E-state index is 12.4. The highest BCUT2D eigenvalue weighted by Crippen LogP contribution is 2.20. The Hall–Kier alpha value is -1.88. The van der Waals surface area contributed by atoms with Crippen molar-refractivity contribution >= 4 is 17.5 Å². The summed E-state index contributed by atoms with van der Waals surface area (Å²) < 4.78 is 0. The zero-order chi connectivity index (χ0) is 14.4. The number of likely N-dealkylation sites (tertiary alicyclic amines) is 1. The van der Waals surface area contributed by atoms with Crippen LogP contribution >= 0.6 is 0 Å². The van der Waals surface area contributed by atoms with Crippen molar-refractivity contribution in [3.8, 4) is 0 Å². The fourth-order valence-electron chi connectivity index (χ4n) is 2.32. The van der Waals surface area contributed by atoms with Gasteiger partial charge in [-0.15, -0.1) is 0 Å². The molecule has 0 aliphatic carbocycles. The SMILES string of the molecule is CNCCC(=O)Nc1ccccc1C(=O)N1CCCC1. The van der Waals surface area contributed by atoms with Crippen molar-refractivity contribution in [3.05, 3.63) is 29.8 Å². The summed E-state index contributed by atoms with van der Waals surface area (Å²) in [6.45, 7) is 2.23. The molecule has 1 aliphatic rings. The van der Waals surface area contributed by atoms with Gasteiger partial charge in [-0.25, -0.2) is 0 Å². The lowest BCUT2D eigenvalue weighted by Crippen LogP contribution is -2.29. The Bertz CT molecular complexity index is 482. The molecule has 20 heavy (non-hydrogen) atoms. The lowest BCUT2D eigenvalue weighted by Gasteiger charge is -2.18. The molecule has 1 aliphatic heterocycles. The van der Waals surface area contributed by atoms with Crippen LogP contribution in [-0.2, 0) is 4.79 Å². The minimum Gasteiger partial charge on any atom is -0.339 e. The smallest absolute Gasteiger partial charge is 0.255 e. The molecule has 0 bridgehead atoms. The predicted octanol–water partition coefficient (Wildman–Crippen LogP) is 1.47. The van der Waals surface area contributed by atoms with E-state index in [0.29, 0.717) is 24.2 Å². The maximum absolute atomic E-state index is 12.4. The van der Waals surface area contributed by atoms with Gasteiger partial charge in [-0.3, -0.25) is 9.59 Å². The maximum Gasteiger partial charge on any atom is 0.255 e. The van der Waals surface area contributed by atoms with Gasteiger partial charge in [-0.2, -0.15) is 0 Å². The van der Waals surface area contributed by atoms with E-state index in [1.165, 1.54) is 0 Å². The highest BCUT2D eigenvalue weighted by molar-refractivity contribution is 6.03. The van der Waals surface area contributed by atoms with Crippen LogP contribution in [0.1, 0.15) is 29.6 Å². The molecule has 0 atom stereocenters. The Kier molecular flexibility index (Phi) is 5.12. The number of hydrogen-bond donors (Lipinski definition) is 2. The molecule has 0 aromatic heterocycles. The fraction of sp³-hybridized carbons (Fsp3) is 0.467. The Balaban J connectivity index is 2.09. The lowest BCUT2D eigenvalue weighted by molar-refractivity contribution is -0.116. The minimum absolute atomic E-state index is 0.00650. The predicted molar refractivity (Wildman–Crippen MR) is 78.8 cm³/mol. The van der Waals surface area contributed by atoms with Gasteiger partial charge in [0, 0.05) is 26.1 Å². The summed E-state index contributed by atoms with van der Waals surface area (Å²) in [5.41, 5.74) is 1.18. The van der Waals surface area contributed by atoms with Crippen LogP contribution in [0, 0.1) is 0 Å². The molecule has 0 saturated carbocycles. The summed E-state index contributed by atoms with van der Waals surface area (Å²) in [5, 5.41) is 5.75. The van der Waals surface area contributed by atoms with Crippen LogP contribution in [0.3, 0.4) is 0 Å². The highest BCUT2D eigenvalue weighted by atomic mass is 16.2. The molecule has 108 valence electrons. The Morgan fingerprint density at radius 3 is 2.60 bits per heavy atom. The molecular weight excluding hydrogens is 254 g/mol. The molecule has 1 saturated heterocycles. The number of anilines is 1. The standard InChI is InChI=1S/C15H21N3O2/c1-16-9-8-14(19)17-13-7-3-2-6-12(13)15(20)18-10-4-5-11-18/h2-3,6-7,16H,4-5,8-11H2,1H3,(H,17,19). The Morgan fingerprint density at radius 1 is 1.20 bits per heavy atom. The molecule has 0 unspecified atom stereocenters. The van der Waals surface area contributed by atoms with E-state index < -0.39 is 0 Å². The molecule has 2 N–H and O–H groups in total. The van der Waals surface area contributed by atoms with E-state index in [2.05, 4.69) is 10.6 Å². The number of carbonyl (C=O) groups is 2. The largest absolute Gasteiger partial charge is 0.339 e. The molecule has 1 aromatic carbocycles. The number of para-hydroxylation sites is 1. The second-order valence-electron chi connectivity index (χ2n) is 4.95. The summed E-state index contributed by atoms with van der Waals surface area (Å²) in [6.07, 6.45) is 2.51. The van der Waals surface area contributed by atoms with Crippen LogP contribution < -0.4 is 10.6 Å². The second-order valence-corrected chi connectivity index (χ2v) is 4.95. The normalized spacial score (nSPS) is 14.3. The van der Waals surface area contributed by atoms with Crippen LogP contribution in [0.5, 0.6) is 0 Å². The van der Waals surface area contributed by atoms with Gasteiger partial charge in [0.25, 0.3) is 5.91 Å². The summed E-state index contributed by atoms with van der Waals surface area (Å²) in [4.78, 5) is 26.1. The molecule has 0 spiro atoms.